The van der Waals surface area contributed by atoms with Gasteiger partial charge in [-0.15, -0.1) is 0 Å². The highest BCUT2D eigenvalue weighted by Crippen LogP contribution is 2.17. The molecule has 88 valence electrons. The van der Waals surface area contributed by atoms with Gasteiger partial charge in [0.25, 0.3) is 0 Å². The first-order chi connectivity index (χ1) is 8.06. The molecule has 0 saturated carbocycles. The third kappa shape index (κ3) is 2.58. The second kappa shape index (κ2) is 4.49. The third-order valence-electron chi connectivity index (χ3n) is 2.65. The molecule has 4 heteroatoms. The smallest absolute Gasteiger partial charge is 0.303 e. The summed E-state index contributed by atoms with van der Waals surface area (Å²) in [5.74, 6) is -0.224. The quantitative estimate of drug-likeness (QED) is 0.878. The van der Waals surface area contributed by atoms with Crippen LogP contribution in [0, 0.1) is 13.8 Å². The van der Waals surface area contributed by atoms with Gasteiger partial charge >= 0.3 is 5.97 Å². The number of carboxylic acid groups (broad SMARTS) is 1. The molecule has 1 heterocycles. The second-order valence-electron chi connectivity index (χ2n) is 4.14. The summed E-state index contributed by atoms with van der Waals surface area (Å²) < 4.78 is 0. The van der Waals surface area contributed by atoms with Crippen molar-refractivity contribution in [2.75, 3.05) is 0 Å². The van der Waals surface area contributed by atoms with Gasteiger partial charge in [0.15, 0.2) is 0 Å². The monoisotopic (exact) mass is 230 g/mol. The molecule has 0 bridgehead atoms. The Kier molecular flexibility index (Phi) is 3.04. The largest absolute Gasteiger partial charge is 0.481 e. The molecule has 0 radical (unpaired) electrons. The van der Waals surface area contributed by atoms with Crippen LogP contribution in [0.5, 0.6) is 0 Å². The van der Waals surface area contributed by atoms with Crippen LogP contribution in [0.25, 0.3) is 10.9 Å². The fourth-order valence-electron chi connectivity index (χ4n) is 1.79. The predicted octanol–water partition coefficient (Wildman–Crippen LogP) is 2.26. The molecule has 0 aliphatic carbocycles. The number of aliphatic carboxylic acids is 1. The van der Waals surface area contributed by atoms with Gasteiger partial charge in [0.2, 0.25) is 0 Å². The van der Waals surface area contributed by atoms with E-state index >= 15 is 0 Å². The van der Waals surface area contributed by atoms with E-state index in [0.717, 1.165) is 22.2 Å². The van der Waals surface area contributed by atoms with Crippen molar-refractivity contribution in [1.29, 1.82) is 0 Å². The lowest BCUT2D eigenvalue weighted by Gasteiger charge is -2.05. The van der Waals surface area contributed by atoms with E-state index < -0.39 is 5.97 Å². The summed E-state index contributed by atoms with van der Waals surface area (Å²) in [5, 5.41) is 9.67. The van der Waals surface area contributed by atoms with Gasteiger partial charge in [-0.3, -0.25) is 4.79 Å². The fraction of sp³-hybridized carbons (Fsp3) is 0.308. The number of nitrogens with zero attached hydrogens (tertiary/aromatic N) is 2. The average molecular weight is 230 g/mol. The van der Waals surface area contributed by atoms with Crippen LogP contribution in [0.1, 0.15) is 23.5 Å². The SMILES string of the molecule is Cc1ccc2c(C)nc(CCC(=O)O)nc2c1. The molecule has 0 atom stereocenters. The van der Waals surface area contributed by atoms with E-state index in [1.807, 2.05) is 32.0 Å². The summed E-state index contributed by atoms with van der Waals surface area (Å²) >= 11 is 0. The van der Waals surface area contributed by atoms with E-state index in [9.17, 15) is 4.79 Å². The highest BCUT2D eigenvalue weighted by atomic mass is 16.4. The van der Waals surface area contributed by atoms with E-state index in [2.05, 4.69) is 9.97 Å². The van der Waals surface area contributed by atoms with Crippen LogP contribution in [0.3, 0.4) is 0 Å². The van der Waals surface area contributed by atoms with Gasteiger partial charge in [-0.2, -0.15) is 0 Å². The van der Waals surface area contributed by atoms with Crippen molar-refractivity contribution in [3.05, 3.63) is 35.3 Å². The molecule has 1 aromatic carbocycles. The zero-order valence-corrected chi connectivity index (χ0v) is 9.90. The topological polar surface area (TPSA) is 63.1 Å². The lowest BCUT2D eigenvalue weighted by Crippen LogP contribution is -2.03. The molecule has 0 aliphatic heterocycles. The standard InChI is InChI=1S/C13H14N2O2/c1-8-3-4-10-9(2)14-12(5-6-13(16)17)15-11(10)7-8/h3-4,7H,5-6H2,1-2H3,(H,16,17). The molecule has 0 amide bonds. The minimum absolute atomic E-state index is 0.0662. The minimum Gasteiger partial charge on any atom is -0.481 e. The van der Waals surface area contributed by atoms with Crippen LogP contribution in [0.2, 0.25) is 0 Å². The van der Waals surface area contributed by atoms with Crippen molar-refractivity contribution in [3.8, 4) is 0 Å². The molecule has 0 fully saturated rings. The average Bonchev–Trinajstić information content (AvgIpc) is 2.25. The lowest BCUT2D eigenvalue weighted by molar-refractivity contribution is -0.137. The van der Waals surface area contributed by atoms with Crippen molar-refractivity contribution < 1.29 is 9.90 Å². The molecule has 0 saturated heterocycles. The zero-order valence-electron chi connectivity index (χ0n) is 9.90. The highest BCUT2D eigenvalue weighted by Gasteiger charge is 2.06. The van der Waals surface area contributed by atoms with Gasteiger partial charge in [0, 0.05) is 17.5 Å². The van der Waals surface area contributed by atoms with E-state index in [0.29, 0.717) is 12.2 Å². The molecule has 1 aromatic heterocycles. The Hall–Kier alpha value is -1.97. The van der Waals surface area contributed by atoms with Crippen LogP contribution < -0.4 is 0 Å². The normalized spacial score (nSPS) is 10.7. The maximum atomic E-state index is 10.5. The third-order valence-corrected chi connectivity index (χ3v) is 2.65. The Bertz CT molecular complexity index is 579. The van der Waals surface area contributed by atoms with Crippen LogP contribution in [-0.4, -0.2) is 21.0 Å². The summed E-state index contributed by atoms with van der Waals surface area (Å²) in [7, 11) is 0. The first kappa shape index (κ1) is 11.5. The van der Waals surface area contributed by atoms with E-state index in [-0.39, 0.29) is 6.42 Å². The predicted molar refractivity (Wildman–Crippen MR) is 65.0 cm³/mol. The summed E-state index contributed by atoms with van der Waals surface area (Å²) in [6.07, 6.45) is 0.441. The van der Waals surface area contributed by atoms with Crippen molar-refractivity contribution in [2.45, 2.75) is 26.7 Å². The maximum absolute atomic E-state index is 10.5. The Labute approximate surface area is 99.3 Å². The van der Waals surface area contributed by atoms with Crippen LogP contribution >= 0.6 is 0 Å². The van der Waals surface area contributed by atoms with Crippen molar-refractivity contribution >= 4 is 16.9 Å². The molecule has 0 spiro atoms. The number of fused-ring (bicyclic) bond motifs is 1. The Morgan fingerprint density at radius 3 is 2.76 bits per heavy atom. The number of carbonyl (C=O) groups is 1. The number of carboxylic acids is 1. The maximum Gasteiger partial charge on any atom is 0.303 e. The number of benzene rings is 1. The molecule has 0 aliphatic rings. The summed E-state index contributed by atoms with van der Waals surface area (Å²) in [5.41, 5.74) is 2.92. The second-order valence-corrected chi connectivity index (χ2v) is 4.14. The van der Waals surface area contributed by atoms with Crippen molar-refractivity contribution in [1.82, 2.24) is 9.97 Å². The highest BCUT2D eigenvalue weighted by molar-refractivity contribution is 5.81. The number of rotatable bonds is 3. The van der Waals surface area contributed by atoms with Crippen molar-refractivity contribution in [3.63, 3.8) is 0 Å². The summed E-state index contributed by atoms with van der Waals surface area (Å²) in [6.45, 7) is 3.93. The number of hydrogen-bond acceptors (Lipinski definition) is 3. The molecule has 2 aromatic rings. The summed E-state index contributed by atoms with van der Waals surface area (Å²) in [6, 6.07) is 6.02. The Balaban J connectivity index is 2.42. The number of hydrogen-bond donors (Lipinski definition) is 1. The molecule has 4 nitrogen and oxygen atoms in total. The van der Waals surface area contributed by atoms with Crippen LogP contribution in [0.4, 0.5) is 0 Å². The zero-order chi connectivity index (χ0) is 12.4. The molecule has 0 unspecified atom stereocenters. The minimum atomic E-state index is -0.824. The summed E-state index contributed by atoms with van der Waals surface area (Å²) in [4.78, 5) is 19.2. The first-order valence-corrected chi connectivity index (χ1v) is 5.52. The van der Waals surface area contributed by atoms with Gasteiger partial charge < -0.3 is 5.11 Å². The van der Waals surface area contributed by atoms with Gasteiger partial charge in [-0.1, -0.05) is 12.1 Å². The van der Waals surface area contributed by atoms with Gasteiger partial charge in [-0.25, -0.2) is 9.97 Å². The lowest BCUT2D eigenvalue weighted by atomic mass is 10.1. The van der Waals surface area contributed by atoms with E-state index in [1.165, 1.54) is 0 Å². The molecule has 2 rings (SSSR count). The van der Waals surface area contributed by atoms with Crippen molar-refractivity contribution in [2.24, 2.45) is 0 Å². The van der Waals surface area contributed by atoms with Crippen LogP contribution in [0.15, 0.2) is 18.2 Å². The first-order valence-electron chi connectivity index (χ1n) is 5.52. The van der Waals surface area contributed by atoms with E-state index in [1.54, 1.807) is 0 Å². The molecular weight excluding hydrogens is 216 g/mol. The van der Waals surface area contributed by atoms with Gasteiger partial charge in [-0.05, 0) is 25.5 Å². The van der Waals surface area contributed by atoms with Gasteiger partial charge in [0.05, 0.1) is 11.9 Å². The van der Waals surface area contributed by atoms with E-state index in [4.69, 9.17) is 5.11 Å². The molecular formula is C13H14N2O2. The van der Waals surface area contributed by atoms with Gasteiger partial charge in [0.1, 0.15) is 5.82 Å². The number of aromatic nitrogens is 2. The Morgan fingerprint density at radius 2 is 2.06 bits per heavy atom. The fourth-order valence-corrected chi connectivity index (χ4v) is 1.79. The molecule has 17 heavy (non-hydrogen) atoms. The Morgan fingerprint density at radius 1 is 1.29 bits per heavy atom. The number of aryl methyl sites for hydroxylation is 3. The van der Waals surface area contributed by atoms with Crippen LogP contribution in [-0.2, 0) is 11.2 Å². The molecule has 1 N–H and O–H groups in total.